The van der Waals surface area contributed by atoms with Crippen LogP contribution in [0, 0.1) is 0 Å². The van der Waals surface area contributed by atoms with Gasteiger partial charge in [0.05, 0.1) is 5.75 Å². The molecule has 31 heavy (non-hydrogen) atoms. The molecule has 9 nitrogen and oxygen atoms in total. The summed E-state index contributed by atoms with van der Waals surface area (Å²) < 4.78 is 10.6. The lowest BCUT2D eigenvalue weighted by molar-refractivity contribution is 0.0465. The molecule has 0 atom stereocenters. The molecule has 0 unspecified atom stereocenters. The van der Waals surface area contributed by atoms with Crippen LogP contribution in [0.25, 0.3) is 12.2 Å². The molecule has 2 aromatic heterocycles. The zero-order chi connectivity index (χ0) is 22.5. The maximum absolute atomic E-state index is 12.1. The molecule has 3 aromatic rings. The fourth-order valence-corrected chi connectivity index (χ4v) is 3.09. The topological polar surface area (TPSA) is 119 Å². The molecule has 3 rings (SSSR count). The fourth-order valence-electron chi connectivity index (χ4n) is 2.44. The molecule has 0 saturated heterocycles. The third kappa shape index (κ3) is 6.95. The Hall–Kier alpha value is -3.14. The van der Waals surface area contributed by atoms with E-state index >= 15 is 0 Å². The molecule has 0 spiro atoms. The molecule has 0 aliphatic heterocycles. The van der Waals surface area contributed by atoms with Crippen LogP contribution in [0.15, 0.2) is 40.0 Å². The fraction of sp³-hybridized carbons (Fsp3) is 0.381. The highest BCUT2D eigenvalue weighted by molar-refractivity contribution is 7.98. The molecule has 0 aliphatic carbocycles. The maximum atomic E-state index is 12.1. The first-order valence-corrected chi connectivity index (χ1v) is 10.7. The summed E-state index contributed by atoms with van der Waals surface area (Å²) in [6.45, 7) is 8.96. The highest BCUT2D eigenvalue weighted by atomic mass is 32.2. The first kappa shape index (κ1) is 22.5. The minimum atomic E-state index is -0.852. The Labute approximate surface area is 185 Å². The van der Waals surface area contributed by atoms with E-state index in [1.165, 1.54) is 11.8 Å². The summed E-state index contributed by atoms with van der Waals surface area (Å²) in [5.41, 5.74) is -0.367. The number of rotatable bonds is 7. The van der Waals surface area contributed by atoms with Crippen molar-refractivity contribution < 1.29 is 14.1 Å². The van der Waals surface area contributed by atoms with Crippen molar-refractivity contribution in [2.45, 2.75) is 56.7 Å². The van der Waals surface area contributed by atoms with Crippen LogP contribution in [0.2, 0.25) is 0 Å². The van der Waals surface area contributed by atoms with Crippen molar-refractivity contribution in [3.63, 3.8) is 0 Å². The van der Waals surface area contributed by atoms with Gasteiger partial charge in [-0.1, -0.05) is 53.3 Å². The number of aromatic nitrogens is 5. The number of nitrogens with one attached hydrogen (secondary N) is 2. The number of thioether (sulfide) groups is 1. The third-order valence-electron chi connectivity index (χ3n) is 3.88. The van der Waals surface area contributed by atoms with Gasteiger partial charge in [0, 0.05) is 0 Å². The van der Waals surface area contributed by atoms with E-state index in [1.54, 1.807) is 34.6 Å². The summed E-state index contributed by atoms with van der Waals surface area (Å²) in [4.78, 5) is 20.9. The standard InChI is InChI=1S/C21H26N6O3S/c1-20(2,3)29-19(28)24-21(4,5)17-23-16(30-27-17)13-31-18-22-15(25-26-18)12-11-14-9-7-6-8-10-14/h6-12H,13H2,1-5H3,(H,24,28)(H,22,25,26)/b12-11+. The van der Waals surface area contributed by atoms with Crippen LogP contribution >= 0.6 is 11.8 Å². The van der Waals surface area contributed by atoms with Crippen LogP contribution in [-0.2, 0) is 16.0 Å². The van der Waals surface area contributed by atoms with Gasteiger partial charge in [0.2, 0.25) is 11.0 Å². The predicted molar refractivity (Wildman–Crippen MR) is 118 cm³/mol. The summed E-state index contributed by atoms with van der Waals surface area (Å²) >= 11 is 1.37. The average molecular weight is 443 g/mol. The summed E-state index contributed by atoms with van der Waals surface area (Å²) in [5.74, 6) is 1.82. The van der Waals surface area contributed by atoms with Gasteiger partial charge in [0.15, 0.2) is 5.82 Å². The number of carbonyl (C=O) groups excluding carboxylic acids is 1. The average Bonchev–Trinajstić information content (AvgIpc) is 3.33. The van der Waals surface area contributed by atoms with Crippen LogP contribution < -0.4 is 5.32 Å². The Morgan fingerprint density at radius 3 is 2.61 bits per heavy atom. The van der Waals surface area contributed by atoms with E-state index in [4.69, 9.17) is 9.26 Å². The number of H-pyrrole nitrogens is 1. The van der Waals surface area contributed by atoms with Gasteiger partial charge in [-0.3, -0.25) is 5.10 Å². The van der Waals surface area contributed by atoms with Gasteiger partial charge < -0.3 is 14.6 Å². The molecule has 2 N–H and O–H groups in total. The van der Waals surface area contributed by atoms with E-state index in [9.17, 15) is 4.79 Å². The second-order valence-corrected chi connectivity index (χ2v) is 9.24. The molecule has 2 heterocycles. The number of alkyl carbamates (subject to hydrolysis) is 1. The van der Waals surface area contributed by atoms with E-state index in [2.05, 4.69) is 30.6 Å². The Bertz CT molecular complexity index is 1040. The number of benzene rings is 1. The second kappa shape index (κ2) is 9.34. The summed E-state index contributed by atoms with van der Waals surface area (Å²) in [6.07, 6.45) is 3.27. The van der Waals surface area contributed by atoms with Gasteiger partial charge in [0.25, 0.3) is 0 Å². The van der Waals surface area contributed by atoms with E-state index in [1.807, 2.05) is 42.5 Å². The summed E-state index contributed by atoms with van der Waals surface area (Å²) in [6, 6.07) is 9.94. The molecule has 0 fully saturated rings. The zero-order valence-corrected chi connectivity index (χ0v) is 19.0. The van der Waals surface area contributed by atoms with Crippen LogP contribution in [0.1, 0.15) is 57.7 Å². The Morgan fingerprint density at radius 1 is 1.16 bits per heavy atom. The van der Waals surface area contributed by atoms with E-state index in [-0.39, 0.29) is 0 Å². The van der Waals surface area contributed by atoms with Gasteiger partial charge in [0.1, 0.15) is 17.0 Å². The van der Waals surface area contributed by atoms with Gasteiger partial charge in [-0.2, -0.15) is 4.98 Å². The number of hydrogen-bond acceptors (Lipinski definition) is 8. The highest BCUT2D eigenvalue weighted by Gasteiger charge is 2.31. The van der Waals surface area contributed by atoms with Crippen LogP contribution in [0.5, 0.6) is 0 Å². The normalized spacial score (nSPS) is 12.3. The lowest BCUT2D eigenvalue weighted by Gasteiger charge is -2.26. The molecule has 1 aromatic carbocycles. The van der Waals surface area contributed by atoms with Crippen molar-refractivity contribution in [2.24, 2.45) is 0 Å². The van der Waals surface area contributed by atoms with Crippen molar-refractivity contribution in [1.82, 2.24) is 30.6 Å². The monoisotopic (exact) mass is 442 g/mol. The molecule has 10 heteroatoms. The molecule has 0 bridgehead atoms. The minimum Gasteiger partial charge on any atom is -0.444 e. The lowest BCUT2D eigenvalue weighted by Crippen LogP contribution is -2.44. The quantitative estimate of drug-likeness (QED) is 0.517. The zero-order valence-electron chi connectivity index (χ0n) is 18.2. The van der Waals surface area contributed by atoms with Gasteiger partial charge >= 0.3 is 6.09 Å². The SMILES string of the molecule is CC(C)(C)OC(=O)NC(C)(C)c1noc(CSc2n[nH]c(/C=C/c3ccccc3)n2)n1. The highest BCUT2D eigenvalue weighted by Crippen LogP contribution is 2.22. The van der Waals surface area contributed by atoms with E-state index in [0.717, 1.165) is 5.56 Å². The smallest absolute Gasteiger partial charge is 0.408 e. The molecule has 164 valence electrons. The first-order chi connectivity index (χ1) is 14.6. The Kier molecular flexibility index (Phi) is 6.79. The van der Waals surface area contributed by atoms with E-state index in [0.29, 0.717) is 28.4 Å². The molecule has 1 amide bonds. The predicted octanol–water partition coefficient (Wildman–Crippen LogP) is 4.41. The van der Waals surface area contributed by atoms with Gasteiger partial charge in [-0.05, 0) is 46.3 Å². The van der Waals surface area contributed by atoms with Crippen molar-refractivity contribution in [3.05, 3.63) is 53.4 Å². The Balaban J connectivity index is 1.55. The lowest BCUT2D eigenvalue weighted by atomic mass is 10.1. The van der Waals surface area contributed by atoms with Gasteiger partial charge in [-0.25, -0.2) is 9.78 Å². The first-order valence-electron chi connectivity index (χ1n) is 9.73. The number of nitrogens with zero attached hydrogens (tertiary/aromatic N) is 4. The molecular weight excluding hydrogens is 416 g/mol. The van der Waals surface area contributed by atoms with Crippen molar-refractivity contribution >= 4 is 30.0 Å². The number of amides is 1. The van der Waals surface area contributed by atoms with Crippen molar-refractivity contribution in [3.8, 4) is 0 Å². The van der Waals surface area contributed by atoms with Crippen LogP contribution in [0.3, 0.4) is 0 Å². The number of aromatic amines is 1. The molecule has 0 radical (unpaired) electrons. The number of hydrogen-bond donors (Lipinski definition) is 2. The van der Waals surface area contributed by atoms with Gasteiger partial charge in [-0.15, -0.1) is 5.10 Å². The van der Waals surface area contributed by atoms with E-state index < -0.39 is 17.2 Å². The van der Waals surface area contributed by atoms with Crippen molar-refractivity contribution in [1.29, 1.82) is 0 Å². The summed E-state index contributed by atoms with van der Waals surface area (Å²) in [7, 11) is 0. The molecule has 0 aliphatic rings. The second-order valence-electron chi connectivity index (χ2n) is 8.30. The number of ether oxygens (including phenoxy) is 1. The Morgan fingerprint density at radius 2 is 1.90 bits per heavy atom. The number of carbonyl (C=O) groups is 1. The third-order valence-corrected chi connectivity index (χ3v) is 4.71. The molecule has 0 saturated carbocycles. The largest absolute Gasteiger partial charge is 0.444 e. The minimum absolute atomic E-state index is 0.357. The van der Waals surface area contributed by atoms with Crippen LogP contribution in [-0.4, -0.2) is 37.0 Å². The van der Waals surface area contributed by atoms with Crippen LogP contribution in [0.4, 0.5) is 4.79 Å². The summed E-state index contributed by atoms with van der Waals surface area (Å²) in [5, 5.41) is 14.4. The molecular formula is C21H26N6O3S. The maximum Gasteiger partial charge on any atom is 0.408 e. The van der Waals surface area contributed by atoms with Crippen molar-refractivity contribution in [2.75, 3.05) is 0 Å².